The van der Waals surface area contributed by atoms with Crippen molar-refractivity contribution in [1.82, 2.24) is 4.90 Å². The molecule has 0 bridgehead atoms. The molecule has 1 spiro atoms. The van der Waals surface area contributed by atoms with Gasteiger partial charge in [-0.15, -0.1) is 0 Å². The number of Topliss-reactive ketones (excluding diaryl/α,β-unsaturated/α-hetero) is 1. The van der Waals surface area contributed by atoms with Gasteiger partial charge in [-0.3, -0.25) is 9.69 Å². The van der Waals surface area contributed by atoms with E-state index in [1.165, 1.54) is 17.5 Å². The molecule has 4 heteroatoms. The molecule has 4 rings (SSSR count). The lowest BCUT2D eigenvalue weighted by molar-refractivity contribution is -0.126. The third kappa shape index (κ3) is 1.76. The van der Waals surface area contributed by atoms with Gasteiger partial charge in [-0.1, -0.05) is 0 Å². The summed E-state index contributed by atoms with van der Waals surface area (Å²) >= 11 is 0. The lowest BCUT2D eigenvalue weighted by Crippen LogP contribution is -2.52. The molecule has 2 fully saturated rings. The molecule has 2 atom stereocenters. The van der Waals surface area contributed by atoms with Crippen LogP contribution in [-0.4, -0.2) is 38.0 Å². The highest BCUT2D eigenvalue weighted by Gasteiger charge is 2.55. The van der Waals surface area contributed by atoms with E-state index in [1.807, 2.05) is 0 Å². The van der Waals surface area contributed by atoms with Gasteiger partial charge in [0.1, 0.15) is 5.78 Å². The van der Waals surface area contributed by atoms with E-state index in [4.69, 9.17) is 9.47 Å². The maximum absolute atomic E-state index is 12.3. The van der Waals surface area contributed by atoms with Gasteiger partial charge in [0.05, 0.1) is 19.8 Å². The average molecular weight is 301 g/mol. The minimum absolute atomic E-state index is 0.0809. The fourth-order valence-electron chi connectivity index (χ4n) is 4.95. The van der Waals surface area contributed by atoms with Crippen molar-refractivity contribution in [1.29, 1.82) is 0 Å². The number of nitrogens with zero attached hydrogens (tertiary/aromatic N) is 1. The minimum atomic E-state index is -0.0809. The highest BCUT2D eigenvalue weighted by molar-refractivity contribution is 5.81. The molecule has 22 heavy (non-hydrogen) atoms. The van der Waals surface area contributed by atoms with Crippen LogP contribution in [0.3, 0.4) is 0 Å². The molecule has 118 valence electrons. The fraction of sp³-hybridized carbons (Fsp3) is 0.611. The average Bonchev–Trinajstić information content (AvgIpc) is 2.92. The maximum atomic E-state index is 12.3. The van der Waals surface area contributed by atoms with E-state index in [-0.39, 0.29) is 5.54 Å². The molecule has 0 aromatic heterocycles. The maximum Gasteiger partial charge on any atom is 0.161 e. The van der Waals surface area contributed by atoms with E-state index >= 15 is 0 Å². The lowest BCUT2D eigenvalue weighted by atomic mass is 9.66. The normalized spacial score (nSPS) is 30.5. The van der Waals surface area contributed by atoms with Crippen molar-refractivity contribution < 1.29 is 14.3 Å². The van der Waals surface area contributed by atoms with Crippen LogP contribution < -0.4 is 9.47 Å². The summed E-state index contributed by atoms with van der Waals surface area (Å²) in [6.45, 7) is 2.16. The first-order valence-electron chi connectivity index (χ1n) is 8.21. The molecule has 2 heterocycles. The van der Waals surface area contributed by atoms with Crippen LogP contribution >= 0.6 is 0 Å². The molecule has 1 aromatic carbocycles. The highest BCUT2D eigenvalue weighted by Crippen LogP contribution is 2.55. The minimum Gasteiger partial charge on any atom is -0.493 e. The van der Waals surface area contributed by atoms with Gasteiger partial charge in [0.15, 0.2) is 11.5 Å². The Labute approximate surface area is 131 Å². The zero-order valence-electron chi connectivity index (χ0n) is 13.4. The van der Waals surface area contributed by atoms with Gasteiger partial charge in [-0.25, -0.2) is 0 Å². The van der Waals surface area contributed by atoms with Crippen LogP contribution in [0.2, 0.25) is 0 Å². The molecular formula is C18H23NO3. The van der Waals surface area contributed by atoms with Crippen molar-refractivity contribution in [2.24, 2.45) is 5.92 Å². The number of fused-ring (bicyclic) bond motifs is 1. The molecule has 0 amide bonds. The van der Waals surface area contributed by atoms with Crippen molar-refractivity contribution in [3.63, 3.8) is 0 Å². The Hall–Kier alpha value is -1.55. The van der Waals surface area contributed by atoms with Crippen molar-refractivity contribution in [2.45, 2.75) is 37.6 Å². The number of benzene rings is 1. The van der Waals surface area contributed by atoms with Crippen LogP contribution in [0, 0.1) is 5.92 Å². The van der Waals surface area contributed by atoms with Crippen molar-refractivity contribution in [3.8, 4) is 11.5 Å². The SMILES string of the molecule is COc1cc2c(cc1OC)[C@@]13CC(=O)CC[C@@H]1CCN3CC2. The molecule has 0 N–H and O–H groups in total. The predicted octanol–water partition coefficient (Wildman–Crippen LogP) is 2.53. The third-order valence-electron chi connectivity index (χ3n) is 5.95. The molecular weight excluding hydrogens is 278 g/mol. The zero-order valence-corrected chi connectivity index (χ0v) is 13.4. The number of carbonyl (C=O) groups is 1. The number of ether oxygens (including phenoxy) is 2. The third-order valence-corrected chi connectivity index (χ3v) is 5.95. The molecule has 4 nitrogen and oxygen atoms in total. The summed E-state index contributed by atoms with van der Waals surface area (Å²) in [6, 6.07) is 4.26. The number of ketones is 1. The van der Waals surface area contributed by atoms with Gasteiger partial charge in [0.2, 0.25) is 0 Å². The summed E-state index contributed by atoms with van der Waals surface area (Å²) in [7, 11) is 3.36. The fourth-order valence-corrected chi connectivity index (χ4v) is 4.95. The Balaban J connectivity index is 1.90. The van der Waals surface area contributed by atoms with Crippen LogP contribution in [-0.2, 0) is 16.8 Å². The van der Waals surface area contributed by atoms with E-state index in [0.29, 0.717) is 18.1 Å². The van der Waals surface area contributed by atoms with E-state index in [1.54, 1.807) is 14.2 Å². The van der Waals surface area contributed by atoms with Gasteiger partial charge in [-0.2, -0.15) is 0 Å². The van der Waals surface area contributed by atoms with Crippen molar-refractivity contribution in [3.05, 3.63) is 23.3 Å². The van der Waals surface area contributed by atoms with Crippen LogP contribution in [0.4, 0.5) is 0 Å². The van der Waals surface area contributed by atoms with Crippen LogP contribution in [0.25, 0.3) is 0 Å². The second-order valence-corrected chi connectivity index (χ2v) is 6.77. The van der Waals surface area contributed by atoms with Crippen molar-refractivity contribution in [2.75, 3.05) is 27.3 Å². The summed E-state index contributed by atoms with van der Waals surface area (Å²) < 4.78 is 11.0. The Kier molecular flexibility index (Phi) is 3.19. The summed E-state index contributed by atoms with van der Waals surface area (Å²) in [4.78, 5) is 14.8. The summed E-state index contributed by atoms with van der Waals surface area (Å²) in [5.74, 6) is 2.58. The number of hydrogen-bond acceptors (Lipinski definition) is 4. The topological polar surface area (TPSA) is 38.8 Å². The number of rotatable bonds is 2. The highest BCUT2D eigenvalue weighted by atomic mass is 16.5. The number of carbonyl (C=O) groups excluding carboxylic acids is 1. The predicted molar refractivity (Wildman–Crippen MR) is 83.5 cm³/mol. The van der Waals surface area contributed by atoms with Crippen molar-refractivity contribution >= 4 is 5.78 Å². The van der Waals surface area contributed by atoms with Gasteiger partial charge in [0, 0.05) is 19.4 Å². The molecule has 1 saturated heterocycles. The second-order valence-electron chi connectivity index (χ2n) is 6.77. The Morgan fingerprint density at radius 2 is 1.86 bits per heavy atom. The van der Waals surface area contributed by atoms with Gasteiger partial charge < -0.3 is 9.47 Å². The zero-order chi connectivity index (χ0) is 15.3. The van der Waals surface area contributed by atoms with E-state index in [2.05, 4.69) is 17.0 Å². The molecule has 0 unspecified atom stereocenters. The first-order valence-corrected chi connectivity index (χ1v) is 8.21. The van der Waals surface area contributed by atoms with E-state index in [0.717, 1.165) is 43.9 Å². The second kappa shape index (κ2) is 4.98. The van der Waals surface area contributed by atoms with Gasteiger partial charge in [-0.05, 0) is 55.0 Å². The van der Waals surface area contributed by atoms with Gasteiger partial charge >= 0.3 is 0 Å². The molecule has 3 aliphatic rings. The summed E-state index contributed by atoms with van der Waals surface area (Å²) in [5.41, 5.74) is 2.56. The van der Waals surface area contributed by atoms with Crippen LogP contribution in [0.5, 0.6) is 11.5 Å². The number of hydrogen-bond donors (Lipinski definition) is 0. The summed E-state index contributed by atoms with van der Waals surface area (Å²) in [6.07, 6.45) is 4.69. The Morgan fingerprint density at radius 1 is 1.09 bits per heavy atom. The first kappa shape index (κ1) is 14.1. The van der Waals surface area contributed by atoms with Crippen LogP contribution in [0.1, 0.15) is 36.8 Å². The lowest BCUT2D eigenvalue weighted by Gasteiger charge is -2.49. The monoisotopic (exact) mass is 301 g/mol. The van der Waals surface area contributed by atoms with Gasteiger partial charge in [0.25, 0.3) is 0 Å². The molecule has 1 saturated carbocycles. The quantitative estimate of drug-likeness (QED) is 0.841. The molecule has 2 aliphatic heterocycles. The Morgan fingerprint density at radius 3 is 2.64 bits per heavy atom. The largest absolute Gasteiger partial charge is 0.493 e. The molecule has 1 aliphatic carbocycles. The smallest absolute Gasteiger partial charge is 0.161 e. The summed E-state index contributed by atoms with van der Waals surface area (Å²) in [5, 5.41) is 0. The number of methoxy groups -OCH3 is 2. The van der Waals surface area contributed by atoms with E-state index in [9.17, 15) is 4.79 Å². The molecule has 1 aromatic rings. The Bertz CT molecular complexity index is 627. The van der Waals surface area contributed by atoms with E-state index < -0.39 is 0 Å². The standard InChI is InChI=1S/C18H23NO3/c1-21-16-9-12-5-7-19-8-6-13-3-4-14(20)11-18(13,19)15(12)10-17(16)22-2/h9-10,13H,3-8,11H2,1-2H3/t13-,18-/m1/s1. The van der Waals surface area contributed by atoms with Crippen LogP contribution in [0.15, 0.2) is 12.1 Å². The first-order chi connectivity index (χ1) is 10.7. The molecule has 0 radical (unpaired) electrons.